The van der Waals surface area contributed by atoms with Crippen LogP contribution in [0.25, 0.3) is 5.70 Å². The second kappa shape index (κ2) is 9.97. The molecule has 0 unspecified atom stereocenters. The first-order valence-corrected chi connectivity index (χ1v) is 13.3. The Balaban J connectivity index is 1.57. The molecule has 1 heterocycles. The predicted molar refractivity (Wildman–Crippen MR) is 151 cm³/mol. The van der Waals surface area contributed by atoms with Crippen molar-refractivity contribution in [3.05, 3.63) is 113 Å². The first kappa shape index (κ1) is 24.9. The fraction of sp³-hybridized carbons (Fsp3) is 0.143. The zero-order valence-corrected chi connectivity index (χ0v) is 23.6. The van der Waals surface area contributed by atoms with Gasteiger partial charge in [0.15, 0.2) is 5.78 Å². The van der Waals surface area contributed by atoms with E-state index in [1.807, 2.05) is 43.3 Å². The molecule has 1 aliphatic heterocycles. The van der Waals surface area contributed by atoms with Crippen LogP contribution in [0.15, 0.2) is 77.5 Å². The Labute approximate surface area is 235 Å². The highest BCUT2D eigenvalue weighted by Crippen LogP contribution is 2.48. The van der Waals surface area contributed by atoms with Gasteiger partial charge in [0.05, 0.1) is 25.5 Å². The summed E-state index contributed by atoms with van der Waals surface area (Å²) in [5.74, 6) is -0.789. The molecule has 0 spiro atoms. The van der Waals surface area contributed by atoms with Gasteiger partial charge in [0.1, 0.15) is 18.2 Å². The van der Waals surface area contributed by atoms with Crippen LogP contribution in [0.5, 0.6) is 5.75 Å². The van der Waals surface area contributed by atoms with Crippen molar-refractivity contribution in [1.29, 1.82) is 0 Å². The third-order valence-electron chi connectivity index (χ3n) is 6.30. The van der Waals surface area contributed by atoms with E-state index in [1.54, 1.807) is 12.1 Å². The number of fused-ring (bicyclic) bond motifs is 2. The zero-order chi connectivity index (χ0) is 25.6. The molecular weight excluding hydrogens is 687 g/mol. The molecule has 8 heteroatoms. The molecule has 1 N–H and O–H groups in total. The van der Waals surface area contributed by atoms with E-state index >= 15 is 0 Å². The number of hydrogen-bond acceptors (Lipinski definition) is 5. The number of methoxy groups -OCH3 is 1. The number of carbonyl (C=O) groups is 2. The fourth-order valence-corrected chi connectivity index (χ4v) is 6.79. The first-order valence-electron chi connectivity index (χ1n) is 11.1. The van der Waals surface area contributed by atoms with Gasteiger partial charge in [0.25, 0.3) is 0 Å². The first-order chi connectivity index (χ1) is 17.3. The lowest BCUT2D eigenvalue weighted by Crippen LogP contribution is -2.29. The summed E-state index contributed by atoms with van der Waals surface area (Å²) in [5, 5.41) is 3.30. The Morgan fingerprint density at radius 2 is 1.67 bits per heavy atom. The quantitative estimate of drug-likeness (QED) is 0.248. The third kappa shape index (κ3) is 4.34. The highest BCUT2D eigenvalue weighted by atomic mass is 127. The van der Waals surface area contributed by atoms with Crippen molar-refractivity contribution in [3.8, 4) is 5.75 Å². The van der Waals surface area contributed by atoms with Crippen molar-refractivity contribution in [2.24, 2.45) is 0 Å². The summed E-state index contributed by atoms with van der Waals surface area (Å²) >= 11 is 4.40. The fourth-order valence-electron chi connectivity index (χ4n) is 4.66. The minimum Gasteiger partial charge on any atom is -0.487 e. The van der Waals surface area contributed by atoms with Gasteiger partial charge in [-0.2, -0.15) is 0 Å². The molecule has 1 atom stereocenters. The molecule has 182 valence electrons. The van der Waals surface area contributed by atoms with E-state index in [2.05, 4.69) is 50.5 Å². The summed E-state index contributed by atoms with van der Waals surface area (Å²) < 4.78 is 26.1. The predicted octanol–water partition coefficient (Wildman–Crippen LogP) is 6.36. The molecule has 0 amide bonds. The van der Waals surface area contributed by atoms with Gasteiger partial charge in [-0.25, -0.2) is 9.18 Å². The molecule has 5 rings (SSSR count). The van der Waals surface area contributed by atoms with E-state index in [9.17, 15) is 14.0 Å². The van der Waals surface area contributed by atoms with Crippen molar-refractivity contribution >= 4 is 62.6 Å². The molecule has 0 saturated carbocycles. The van der Waals surface area contributed by atoms with Gasteiger partial charge in [-0.15, -0.1) is 0 Å². The van der Waals surface area contributed by atoms with Gasteiger partial charge in [0, 0.05) is 28.3 Å². The molecule has 36 heavy (non-hydrogen) atoms. The van der Waals surface area contributed by atoms with Crippen LogP contribution in [-0.4, -0.2) is 18.9 Å². The standard InChI is InChI=1S/C28H20FI2NO4/c1-14-22(28(34)35-2)23(24-25(32-14)18-5-3-4-6-19(18)26(24)33)16-11-20(30)27(21(31)12-16)36-13-15-7-9-17(29)10-8-15/h3-12,23,32H,13H2,1-2H3/t23-/m1/s1. The SMILES string of the molecule is COC(=O)C1=C(C)NC2=C(C(=O)c3ccccc32)[C@@H]1c1cc(I)c(OCc2ccc(F)cc2)c(I)c1. The number of benzene rings is 3. The van der Waals surface area contributed by atoms with Crippen LogP contribution in [-0.2, 0) is 16.1 Å². The van der Waals surface area contributed by atoms with Crippen molar-refractivity contribution < 1.29 is 23.5 Å². The van der Waals surface area contributed by atoms with E-state index in [4.69, 9.17) is 9.47 Å². The highest BCUT2D eigenvalue weighted by Gasteiger charge is 2.43. The summed E-state index contributed by atoms with van der Waals surface area (Å²) in [6.45, 7) is 2.11. The van der Waals surface area contributed by atoms with Gasteiger partial charge >= 0.3 is 5.97 Å². The Morgan fingerprint density at radius 3 is 2.31 bits per heavy atom. The molecular formula is C28H20FI2NO4. The highest BCUT2D eigenvalue weighted by molar-refractivity contribution is 14.1. The lowest BCUT2D eigenvalue weighted by Gasteiger charge is -2.29. The maximum Gasteiger partial charge on any atom is 0.336 e. The third-order valence-corrected chi connectivity index (χ3v) is 7.91. The topological polar surface area (TPSA) is 64.6 Å². The van der Waals surface area contributed by atoms with Gasteiger partial charge in [-0.05, 0) is 87.5 Å². The molecule has 3 aromatic rings. The number of dihydropyridines is 1. The average Bonchev–Trinajstić information content (AvgIpc) is 3.14. The van der Waals surface area contributed by atoms with Crippen molar-refractivity contribution in [2.75, 3.05) is 7.11 Å². The summed E-state index contributed by atoms with van der Waals surface area (Å²) in [4.78, 5) is 26.5. The normalized spacial score (nSPS) is 16.5. The molecule has 5 nitrogen and oxygen atoms in total. The maximum absolute atomic E-state index is 13.6. The number of halogens is 3. The van der Waals surface area contributed by atoms with Crippen LogP contribution in [0.2, 0.25) is 0 Å². The van der Waals surface area contributed by atoms with E-state index in [0.717, 1.165) is 29.5 Å². The molecule has 0 fully saturated rings. The molecule has 0 bridgehead atoms. The summed E-state index contributed by atoms with van der Waals surface area (Å²) in [6.07, 6.45) is 0. The lowest BCUT2D eigenvalue weighted by molar-refractivity contribution is -0.136. The number of nitrogens with one attached hydrogen (secondary N) is 1. The zero-order valence-electron chi connectivity index (χ0n) is 19.3. The van der Waals surface area contributed by atoms with Gasteiger partial charge in [-0.3, -0.25) is 4.79 Å². The summed E-state index contributed by atoms with van der Waals surface area (Å²) in [6, 6.07) is 17.5. The Bertz CT molecular complexity index is 1450. The number of ether oxygens (including phenoxy) is 2. The summed E-state index contributed by atoms with van der Waals surface area (Å²) in [5.41, 5.74) is 5.41. The maximum atomic E-state index is 13.6. The van der Waals surface area contributed by atoms with Crippen molar-refractivity contribution in [1.82, 2.24) is 5.32 Å². The largest absolute Gasteiger partial charge is 0.487 e. The van der Waals surface area contributed by atoms with Crippen LogP contribution in [0, 0.1) is 13.0 Å². The van der Waals surface area contributed by atoms with Gasteiger partial charge in [-0.1, -0.05) is 36.4 Å². The van der Waals surface area contributed by atoms with E-state index < -0.39 is 11.9 Å². The number of rotatable bonds is 5. The number of hydrogen-bond donors (Lipinski definition) is 1. The Morgan fingerprint density at radius 1 is 1.03 bits per heavy atom. The molecule has 0 aromatic heterocycles. The van der Waals surface area contributed by atoms with Crippen molar-refractivity contribution in [2.45, 2.75) is 19.4 Å². The smallest absolute Gasteiger partial charge is 0.336 e. The lowest BCUT2D eigenvalue weighted by atomic mass is 9.80. The molecule has 3 aromatic carbocycles. The van der Waals surface area contributed by atoms with Crippen LogP contribution in [0.4, 0.5) is 4.39 Å². The molecule has 1 aliphatic carbocycles. The van der Waals surface area contributed by atoms with Gasteiger partial charge in [0.2, 0.25) is 0 Å². The molecule has 2 aliphatic rings. The van der Waals surface area contributed by atoms with Crippen LogP contribution >= 0.6 is 45.2 Å². The van der Waals surface area contributed by atoms with Crippen molar-refractivity contribution in [3.63, 3.8) is 0 Å². The number of esters is 1. The van der Waals surface area contributed by atoms with Crippen LogP contribution < -0.4 is 10.1 Å². The molecule has 0 saturated heterocycles. The Hall–Kier alpha value is -2.73. The Kier molecular flexibility index (Phi) is 6.90. The monoisotopic (exact) mass is 707 g/mol. The van der Waals surface area contributed by atoms with E-state index in [1.165, 1.54) is 19.2 Å². The minimum atomic E-state index is -0.596. The summed E-state index contributed by atoms with van der Waals surface area (Å²) in [7, 11) is 1.34. The number of ketones is 1. The number of Topliss-reactive ketones (excluding diaryl/α,β-unsaturated/α-hetero) is 1. The molecule has 0 radical (unpaired) electrons. The average molecular weight is 707 g/mol. The minimum absolute atomic E-state index is 0.103. The van der Waals surface area contributed by atoms with Crippen LogP contribution in [0.3, 0.4) is 0 Å². The van der Waals surface area contributed by atoms with E-state index in [0.29, 0.717) is 28.2 Å². The van der Waals surface area contributed by atoms with Crippen LogP contribution in [0.1, 0.15) is 39.9 Å². The second-order valence-corrected chi connectivity index (χ2v) is 10.8. The van der Waals surface area contributed by atoms with Gasteiger partial charge < -0.3 is 14.8 Å². The second-order valence-electron chi connectivity index (χ2n) is 8.48. The van der Waals surface area contributed by atoms with E-state index in [-0.39, 0.29) is 18.2 Å². The number of carbonyl (C=O) groups excluding carboxylic acids is 2. The number of allylic oxidation sites excluding steroid dienone is 2.